The van der Waals surface area contributed by atoms with Gasteiger partial charge in [-0.2, -0.15) is 5.10 Å². The van der Waals surface area contributed by atoms with E-state index in [0.717, 1.165) is 18.8 Å². The predicted molar refractivity (Wildman–Crippen MR) is 78.2 cm³/mol. The smallest absolute Gasteiger partial charge is 0.287 e. The van der Waals surface area contributed by atoms with Crippen LogP contribution in [0.5, 0.6) is 0 Å². The Morgan fingerprint density at radius 2 is 2.16 bits per heavy atom. The van der Waals surface area contributed by atoms with Gasteiger partial charge in [0.2, 0.25) is 0 Å². The quantitative estimate of drug-likeness (QED) is 0.897. The third kappa shape index (κ3) is 2.77. The number of rotatable bonds is 2. The Kier molecular flexibility index (Phi) is 4.16. The van der Waals surface area contributed by atoms with Gasteiger partial charge in [-0.25, -0.2) is 4.68 Å². The first-order valence-corrected chi connectivity index (χ1v) is 7.07. The Bertz CT molecular complexity index is 514. The predicted octanol–water partition coefficient (Wildman–Crippen LogP) is 1.66. The summed E-state index contributed by atoms with van der Waals surface area (Å²) >= 11 is 6.25. The Morgan fingerprint density at radius 1 is 1.47 bits per heavy atom. The normalized spacial score (nSPS) is 24.0. The van der Waals surface area contributed by atoms with Crippen LogP contribution in [0.1, 0.15) is 33.7 Å². The molecule has 1 fully saturated rings. The summed E-state index contributed by atoms with van der Waals surface area (Å²) in [5.41, 5.74) is 0.525. The van der Waals surface area contributed by atoms with E-state index < -0.39 is 0 Å². The summed E-state index contributed by atoms with van der Waals surface area (Å²) in [5, 5.41) is 7.91. The van der Waals surface area contributed by atoms with Gasteiger partial charge in [0.05, 0.1) is 17.9 Å². The average molecular weight is 285 g/mol. The monoisotopic (exact) mass is 284 g/mol. The molecule has 0 radical (unpaired) electrons. The number of aromatic nitrogens is 2. The summed E-state index contributed by atoms with van der Waals surface area (Å²) in [6, 6.07) is 0.683. The molecule has 6 heteroatoms. The van der Waals surface area contributed by atoms with Crippen LogP contribution >= 0.6 is 11.6 Å². The van der Waals surface area contributed by atoms with E-state index in [-0.39, 0.29) is 16.6 Å². The van der Waals surface area contributed by atoms with Crippen molar-refractivity contribution in [3.63, 3.8) is 0 Å². The highest BCUT2D eigenvalue weighted by Crippen LogP contribution is 2.25. The van der Waals surface area contributed by atoms with E-state index in [1.54, 1.807) is 6.20 Å². The third-order valence-corrected chi connectivity index (χ3v) is 3.84. The van der Waals surface area contributed by atoms with Crippen molar-refractivity contribution in [2.24, 2.45) is 0 Å². The molecule has 1 saturated heterocycles. The number of nitrogens with one attached hydrogen (secondary N) is 1. The second-order valence-corrected chi connectivity index (χ2v) is 5.88. The first-order valence-electron chi connectivity index (χ1n) is 6.69. The zero-order chi connectivity index (χ0) is 14.2. The number of nitrogens with zero attached hydrogens (tertiary/aromatic N) is 3. The maximum atomic E-state index is 12.2. The van der Waals surface area contributed by atoms with Gasteiger partial charge in [-0.1, -0.05) is 11.6 Å². The van der Waals surface area contributed by atoms with E-state index in [4.69, 9.17) is 11.6 Å². The highest BCUT2D eigenvalue weighted by molar-refractivity contribution is 6.33. The second-order valence-electron chi connectivity index (χ2n) is 5.50. The van der Waals surface area contributed by atoms with Gasteiger partial charge in [-0.15, -0.1) is 0 Å². The lowest BCUT2D eigenvalue weighted by Gasteiger charge is -2.39. The molecule has 1 N–H and O–H groups in total. The maximum absolute atomic E-state index is 12.2. The molecule has 2 heterocycles. The van der Waals surface area contributed by atoms with Crippen molar-refractivity contribution in [2.45, 2.75) is 45.8 Å². The minimum absolute atomic E-state index is 0.0124. The summed E-state index contributed by atoms with van der Waals surface area (Å²) in [6.07, 6.45) is 1.71. The van der Waals surface area contributed by atoms with E-state index in [9.17, 15) is 4.79 Å². The van der Waals surface area contributed by atoms with Crippen molar-refractivity contribution >= 4 is 17.3 Å². The summed E-state index contributed by atoms with van der Waals surface area (Å²) < 4.78 is 1.42. The molecule has 0 spiro atoms. The van der Waals surface area contributed by atoms with E-state index in [1.165, 1.54) is 4.68 Å². The van der Waals surface area contributed by atoms with Gasteiger partial charge in [0.25, 0.3) is 5.56 Å². The standard InChI is InChI=1S/C13H21ClN4O/c1-8(2)18-13(19)12(14)11(6-16-18)17-7-9(3)15-5-10(17)4/h6,8-10,15H,5,7H2,1-4H3. The fraction of sp³-hybridized carbons (Fsp3) is 0.692. The van der Waals surface area contributed by atoms with Gasteiger partial charge in [-0.3, -0.25) is 4.79 Å². The third-order valence-electron chi connectivity index (χ3n) is 3.49. The molecule has 0 aromatic carbocycles. The van der Waals surface area contributed by atoms with E-state index in [0.29, 0.717) is 12.1 Å². The fourth-order valence-electron chi connectivity index (χ4n) is 2.36. The van der Waals surface area contributed by atoms with Crippen molar-refractivity contribution in [3.8, 4) is 0 Å². The number of hydrogen-bond acceptors (Lipinski definition) is 4. The van der Waals surface area contributed by atoms with Crippen LogP contribution in [-0.4, -0.2) is 35.0 Å². The van der Waals surface area contributed by atoms with Crippen molar-refractivity contribution in [1.29, 1.82) is 0 Å². The maximum Gasteiger partial charge on any atom is 0.287 e. The lowest BCUT2D eigenvalue weighted by molar-refractivity contribution is 0.423. The largest absolute Gasteiger partial charge is 0.363 e. The number of piperazine rings is 1. The second kappa shape index (κ2) is 5.51. The van der Waals surface area contributed by atoms with E-state index >= 15 is 0 Å². The van der Waals surface area contributed by atoms with Crippen molar-refractivity contribution in [2.75, 3.05) is 18.0 Å². The van der Waals surface area contributed by atoms with Crippen LogP contribution in [0.2, 0.25) is 5.02 Å². The van der Waals surface area contributed by atoms with Gasteiger partial charge >= 0.3 is 0 Å². The van der Waals surface area contributed by atoms with Crippen LogP contribution in [0, 0.1) is 0 Å². The Morgan fingerprint density at radius 3 is 2.79 bits per heavy atom. The Hall–Kier alpha value is -1.07. The van der Waals surface area contributed by atoms with Crippen molar-refractivity contribution < 1.29 is 0 Å². The molecule has 2 atom stereocenters. The summed E-state index contributed by atoms with van der Waals surface area (Å²) in [7, 11) is 0. The SMILES string of the molecule is CC1CN(c2cnn(C(C)C)c(=O)c2Cl)C(C)CN1. The number of anilines is 1. The van der Waals surface area contributed by atoms with Crippen LogP contribution in [0.3, 0.4) is 0 Å². The highest BCUT2D eigenvalue weighted by Gasteiger charge is 2.26. The average Bonchev–Trinajstić information content (AvgIpc) is 2.35. The molecule has 1 aliphatic rings. The van der Waals surface area contributed by atoms with Crippen LogP contribution < -0.4 is 15.8 Å². The molecule has 106 valence electrons. The summed E-state index contributed by atoms with van der Waals surface area (Å²) in [5.74, 6) is 0. The minimum atomic E-state index is -0.215. The van der Waals surface area contributed by atoms with Crippen LogP contribution in [-0.2, 0) is 0 Å². The minimum Gasteiger partial charge on any atom is -0.363 e. The molecule has 0 bridgehead atoms. The molecule has 0 saturated carbocycles. The molecule has 19 heavy (non-hydrogen) atoms. The Labute approximate surface area is 118 Å². The molecule has 1 aromatic heterocycles. The lowest BCUT2D eigenvalue weighted by atomic mass is 10.1. The molecule has 1 aromatic rings. The van der Waals surface area contributed by atoms with Gasteiger partial charge in [-0.05, 0) is 27.7 Å². The molecule has 0 aliphatic carbocycles. The number of hydrogen-bond donors (Lipinski definition) is 1. The summed E-state index contributed by atoms with van der Waals surface area (Å²) in [6.45, 7) is 9.77. The molecule has 1 aliphatic heterocycles. The van der Waals surface area contributed by atoms with Gasteiger partial charge < -0.3 is 10.2 Å². The topological polar surface area (TPSA) is 50.2 Å². The highest BCUT2D eigenvalue weighted by atomic mass is 35.5. The van der Waals surface area contributed by atoms with Crippen LogP contribution in [0.25, 0.3) is 0 Å². The zero-order valence-corrected chi connectivity index (χ0v) is 12.6. The van der Waals surface area contributed by atoms with Crippen LogP contribution in [0.4, 0.5) is 5.69 Å². The molecule has 2 unspecified atom stereocenters. The van der Waals surface area contributed by atoms with E-state index in [1.807, 2.05) is 13.8 Å². The molecule has 2 rings (SSSR count). The van der Waals surface area contributed by atoms with Gasteiger partial charge in [0.1, 0.15) is 5.02 Å². The van der Waals surface area contributed by atoms with E-state index in [2.05, 4.69) is 29.2 Å². The number of halogens is 1. The molecular weight excluding hydrogens is 264 g/mol. The first kappa shape index (κ1) is 14.3. The zero-order valence-electron chi connectivity index (χ0n) is 11.9. The van der Waals surface area contributed by atoms with Gasteiger partial charge in [0, 0.05) is 25.2 Å². The molecular formula is C13H21ClN4O. The van der Waals surface area contributed by atoms with Gasteiger partial charge in [0.15, 0.2) is 0 Å². The first-order chi connectivity index (χ1) is 8.91. The van der Waals surface area contributed by atoms with Crippen molar-refractivity contribution in [1.82, 2.24) is 15.1 Å². The van der Waals surface area contributed by atoms with Crippen LogP contribution in [0.15, 0.2) is 11.0 Å². The van der Waals surface area contributed by atoms with Crippen molar-refractivity contribution in [3.05, 3.63) is 21.6 Å². The molecule has 5 nitrogen and oxygen atoms in total. The fourth-order valence-corrected chi connectivity index (χ4v) is 2.61. The molecule has 0 amide bonds. The summed E-state index contributed by atoms with van der Waals surface area (Å²) in [4.78, 5) is 14.3. The lowest BCUT2D eigenvalue weighted by Crippen LogP contribution is -2.55. The Balaban J connectivity index is 2.40.